The number of rotatable bonds is 3. The first-order chi connectivity index (χ1) is 10.3. The number of fused-ring (bicyclic) bond motifs is 1. The van der Waals surface area contributed by atoms with Crippen LogP contribution in [0.15, 0.2) is 30.9 Å². The van der Waals surface area contributed by atoms with Crippen molar-refractivity contribution in [3.63, 3.8) is 0 Å². The Morgan fingerprint density at radius 1 is 1.29 bits per heavy atom. The predicted octanol–water partition coefficient (Wildman–Crippen LogP) is 0.779. The summed E-state index contributed by atoms with van der Waals surface area (Å²) in [5.74, 6) is 1.80. The van der Waals surface area contributed by atoms with Gasteiger partial charge in [0.2, 0.25) is 6.79 Å². The lowest BCUT2D eigenvalue weighted by atomic mass is 9.99. The van der Waals surface area contributed by atoms with Crippen LogP contribution in [0.25, 0.3) is 0 Å². The van der Waals surface area contributed by atoms with E-state index in [4.69, 9.17) is 9.47 Å². The highest BCUT2D eigenvalue weighted by Crippen LogP contribution is 2.33. The van der Waals surface area contributed by atoms with E-state index >= 15 is 0 Å². The summed E-state index contributed by atoms with van der Waals surface area (Å²) < 4.78 is 12.3. The van der Waals surface area contributed by atoms with Crippen molar-refractivity contribution < 1.29 is 14.3 Å². The molecule has 1 saturated heterocycles. The Morgan fingerprint density at radius 2 is 2.14 bits per heavy atom. The number of hydrogen-bond donors (Lipinski definition) is 0. The number of aromatic nitrogens is 3. The van der Waals surface area contributed by atoms with Gasteiger partial charge in [0, 0.05) is 31.1 Å². The van der Waals surface area contributed by atoms with Crippen molar-refractivity contribution in [1.82, 2.24) is 19.7 Å². The lowest BCUT2D eigenvalue weighted by Crippen LogP contribution is -2.51. The molecule has 0 radical (unpaired) electrons. The predicted molar refractivity (Wildman–Crippen MR) is 72.0 cm³/mol. The summed E-state index contributed by atoms with van der Waals surface area (Å²) >= 11 is 0. The number of benzene rings is 1. The second kappa shape index (κ2) is 4.76. The standard InChI is InChI=1S/C14H14N4O3/c19-14(11-1-2-12-13(3-11)21-9-20-12)17-4-10(5-17)6-18-8-15-7-16-18/h1-3,7-8,10H,4-6,9H2. The van der Waals surface area contributed by atoms with Gasteiger partial charge in [0.25, 0.3) is 5.91 Å². The van der Waals surface area contributed by atoms with Crippen molar-refractivity contribution in [1.29, 1.82) is 0 Å². The van der Waals surface area contributed by atoms with Gasteiger partial charge in [0.15, 0.2) is 11.5 Å². The normalized spacial score (nSPS) is 16.9. The molecule has 0 atom stereocenters. The Bertz CT molecular complexity index is 665. The number of carbonyl (C=O) groups excluding carboxylic acids is 1. The minimum Gasteiger partial charge on any atom is -0.454 e. The Morgan fingerprint density at radius 3 is 2.95 bits per heavy atom. The van der Waals surface area contributed by atoms with Crippen LogP contribution in [-0.4, -0.2) is 45.5 Å². The average molecular weight is 286 g/mol. The summed E-state index contributed by atoms with van der Waals surface area (Å²) in [6.07, 6.45) is 3.22. The molecule has 3 heterocycles. The highest BCUT2D eigenvalue weighted by molar-refractivity contribution is 5.95. The van der Waals surface area contributed by atoms with Crippen molar-refractivity contribution in [2.24, 2.45) is 5.92 Å². The van der Waals surface area contributed by atoms with Crippen LogP contribution in [0.3, 0.4) is 0 Å². The molecule has 2 aromatic rings. The number of ether oxygens (including phenoxy) is 2. The summed E-state index contributed by atoms with van der Waals surface area (Å²) in [6.45, 7) is 2.50. The van der Waals surface area contributed by atoms with E-state index in [9.17, 15) is 4.79 Å². The number of nitrogens with zero attached hydrogens (tertiary/aromatic N) is 4. The van der Waals surface area contributed by atoms with Gasteiger partial charge in [-0.15, -0.1) is 0 Å². The molecule has 0 bridgehead atoms. The fourth-order valence-electron chi connectivity index (χ4n) is 2.65. The third kappa shape index (κ3) is 2.20. The quantitative estimate of drug-likeness (QED) is 0.834. The number of carbonyl (C=O) groups is 1. The monoisotopic (exact) mass is 286 g/mol. The van der Waals surface area contributed by atoms with E-state index < -0.39 is 0 Å². The maximum atomic E-state index is 12.4. The molecule has 0 unspecified atom stereocenters. The molecule has 108 valence electrons. The maximum Gasteiger partial charge on any atom is 0.254 e. The number of amides is 1. The summed E-state index contributed by atoms with van der Waals surface area (Å²) in [7, 11) is 0. The average Bonchev–Trinajstić information content (AvgIpc) is 3.11. The van der Waals surface area contributed by atoms with Crippen LogP contribution in [0.1, 0.15) is 10.4 Å². The first-order valence-corrected chi connectivity index (χ1v) is 6.81. The zero-order valence-electron chi connectivity index (χ0n) is 11.3. The molecular formula is C14H14N4O3. The molecule has 0 spiro atoms. The van der Waals surface area contributed by atoms with E-state index in [0.717, 1.165) is 19.6 Å². The van der Waals surface area contributed by atoms with Crippen molar-refractivity contribution in [3.05, 3.63) is 36.4 Å². The van der Waals surface area contributed by atoms with Gasteiger partial charge in [-0.3, -0.25) is 9.48 Å². The number of hydrogen-bond acceptors (Lipinski definition) is 5. The summed E-state index contributed by atoms with van der Waals surface area (Å²) in [6, 6.07) is 5.30. The molecule has 1 aromatic heterocycles. The fourth-order valence-corrected chi connectivity index (χ4v) is 2.65. The van der Waals surface area contributed by atoms with Gasteiger partial charge in [-0.2, -0.15) is 5.10 Å². The summed E-state index contributed by atoms with van der Waals surface area (Å²) in [4.78, 5) is 18.1. The smallest absolute Gasteiger partial charge is 0.254 e. The van der Waals surface area contributed by atoms with E-state index in [-0.39, 0.29) is 12.7 Å². The Balaban J connectivity index is 1.38. The molecule has 21 heavy (non-hydrogen) atoms. The minimum absolute atomic E-state index is 0.0307. The van der Waals surface area contributed by atoms with Crippen LogP contribution in [0.5, 0.6) is 11.5 Å². The molecule has 4 rings (SSSR count). The zero-order valence-corrected chi connectivity index (χ0v) is 11.3. The topological polar surface area (TPSA) is 69.5 Å². The van der Waals surface area contributed by atoms with Crippen molar-refractivity contribution in [3.8, 4) is 11.5 Å². The fraction of sp³-hybridized carbons (Fsp3) is 0.357. The molecule has 2 aliphatic rings. The molecule has 1 amide bonds. The Hall–Kier alpha value is -2.57. The van der Waals surface area contributed by atoms with E-state index in [1.54, 1.807) is 29.2 Å². The van der Waals surface area contributed by atoms with Gasteiger partial charge in [0.1, 0.15) is 12.7 Å². The van der Waals surface area contributed by atoms with Crippen LogP contribution in [0, 0.1) is 5.92 Å². The molecule has 7 nitrogen and oxygen atoms in total. The van der Waals surface area contributed by atoms with E-state index in [1.807, 2.05) is 4.90 Å². The molecule has 1 aromatic carbocycles. The largest absolute Gasteiger partial charge is 0.454 e. The first kappa shape index (κ1) is 12.2. The van der Waals surface area contributed by atoms with Gasteiger partial charge >= 0.3 is 0 Å². The number of likely N-dealkylation sites (tertiary alicyclic amines) is 1. The van der Waals surface area contributed by atoms with Gasteiger partial charge in [-0.25, -0.2) is 4.98 Å². The SMILES string of the molecule is O=C(c1ccc2c(c1)OCO2)N1CC(Cn2cncn2)C1. The molecule has 0 aliphatic carbocycles. The highest BCUT2D eigenvalue weighted by Gasteiger charge is 2.32. The molecule has 0 N–H and O–H groups in total. The van der Waals surface area contributed by atoms with Crippen molar-refractivity contribution >= 4 is 5.91 Å². The molecule has 7 heteroatoms. The molecule has 2 aliphatic heterocycles. The minimum atomic E-state index is 0.0307. The lowest BCUT2D eigenvalue weighted by molar-refractivity contribution is 0.0461. The molecular weight excluding hydrogens is 272 g/mol. The van der Waals surface area contributed by atoms with E-state index in [1.165, 1.54) is 6.33 Å². The van der Waals surface area contributed by atoms with E-state index in [0.29, 0.717) is 23.0 Å². The summed E-state index contributed by atoms with van der Waals surface area (Å²) in [5.41, 5.74) is 0.637. The van der Waals surface area contributed by atoms with Crippen molar-refractivity contribution in [2.75, 3.05) is 19.9 Å². The van der Waals surface area contributed by atoms with Crippen LogP contribution >= 0.6 is 0 Å². The van der Waals surface area contributed by atoms with Gasteiger partial charge in [0.05, 0.1) is 0 Å². The van der Waals surface area contributed by atoms with Crippen LogP contribution in [0.4, 0.5) is 0 Å². The highest BCUT2D eigenvalue weighted by atomic mass is 16.7. The van der Waals surface area contributed by atoms with Crippen LogP contribution in [0.2, 0.25) is 0 Å². The van der Waals surface area contributed by atoms with Gasteiger partial charge in [-0.05, 0) is 18.2 Å². The summed E-state index contributed by atoms with van der Waals surface area (Å²) in [5, 5.41) is 4.08. The van der Waals surface area contributed by atoms with Gasteiger partial charge < -0.3 is 14.4 Å². The Labute approximate surface area is 121 Å². The molecule has 0 saturated carbocycles. The van der Waals surface area contributed by atoms with Crippen LogP contribution < -0.4 is 9.47 Å². The zero-order chi connectivity index (χ0) is 14.2. The third-order valence-corrected chi connectivity index (χ3v) is 3.78. The van der Waals surface area contributed by atoms with Gasteiger partial charge in [-0.1, -0.05) is 0 Å². The molecule has 1 fully saturated rings. The maximum absolute atomic E-state index is 12.4. The Kier molecular flexibility index (Phi) is 2.77. The van der Waals surface area contributed by atoms with Crippen molar-refractivity contribution in [2.45, 2.75) is 6.54 Å². The van der Waals surface area contributed by atoms with E-state index in [2.05, 4.69) is 10.1 Å². The first-order valence-electron chi connectivity index (χ1n) is 6.81. The lowest BCUT2D eigenvalue weighted by Gasteiger charge is -2.39. The third-order valence-electron chi connectivity index (χ3n) is 3.78. The van der Waals surface area contributed by atoms with Crippen LogP contribution in [-0.2, 0) is 6.54 Å². The second-order valence-electron chi connectivity index (χ2n) is 5.26. The second-order valence-corrected chi connectivity index (χ2v) is 5.26.